The molecule has 5 nitrogen and oxygen atoms in total. The van der Waals surface area contributed by atoms with Crippen LogP contribution in [0.15, 0.2) is 24.3 Å². The Morgan fingerprint density at radius 2 is 2.04 bits per heavy atom. The molecule has 1 aromatic rings. The van der Waals surface area contributed by atoms with Gasteiger partial charge in [0.1, 0.15) is 0 Å². The summed E-state index contributed by atoms with van der Waals surface area (Å²) in [6, 6.07) is 7.19. The summed E-state index contributed by atoms with van der Waals surface area (Å²) in [7, 11) is 5.61. The highest BCUT2D eigenvalue weighted by Crippen LogP contribution is 2.39. The molecule has 7 heteroatoms. The van der Waals surface area contributed by atoms with Crippen LogP contribution in [0.5, 0.6) is 0 Å². The number of hydrogen-bond acceptors (Lipinski definition) is 5. The number of anilines is 2. The van der Waals surface area contributed by atoms with E-state index in [1.807, 2.05) is 21.6 Å². The number of hydrogen-bond donors (Lipinski definition) is 1. The van der Waals surface area contributed by atoms with Crippen molar-refractivity contribution < 1.29 is 14.3 Å². The highest BCUT2D eigenvalue weighted by molar-refractivity contribution is 8.77. The van der Waals surface area contributed by atoms with Crippen molar-refractivity contribution in [3.8, 4) is 0 Å². The van der Waals surface area contributed by atoms with E-state index >= 15 is 0 Å². The van der Waals surface area contributed by atoms with E-state index in [1.165, 1.54) is 23.5 Å². The van der Waals surface area contributed by atoms with Gasteiger partial charge in [0, 0.05) is 35.8 Å². The topological polar surface area (TPSA) is 58.6 Å². The number of nitrogens with zero attached hydrogens (tertiary/aromatic N) is 1. The van der Waals surface area contributed by atoms with Crippen molar-refractivity contribution in [1.29, 1.82) is 0 Å². The Labute approximate surface area is 157 Å². The number of carbonyl (C=O) groups excluding carboxylic acids is 2. The van der Waals surface area contributed by atoms with Crippen LogP contribution in [-0.4, -0.2) is 36.7 Å². The third-order valence-corrected chi connectivity index (χ3v) is 6.99. The molecule has 0 bridgehead atoms. The minimum Gasteiger partial charge on any atom is -0.449 e. The molecule has 0 saturated carbocycles. The van der Waals surface area contributed by atoms with E-state index in [0.717, 1.165) is 29.5 Å². The van der Waals surface area contributed by atoms with E-state index in [4.69, 9.17) is 4.74 Å². The van der Waals surface area contributed by atoms with Gasteiger partial charge >= 0.3 is 6.09 Å². The van der Waals surface area contributed by atoms with Gasteiger partial charge in [-0.1, -0.05) is 28.0 Å². The van der Waals surface area contributed by atoms with E-state index in [9.17, 15) is 9.59 Å². The molecular formula is C18H26N2O3S2. The molecule has 0 aromatic heterocycles. The summed E-state index contributed by atoms with van der Waals surface area (Å²) in [4.78, 5) is 25.1. The van der Waals surface area contributed by atoms with Crippen LogP contribution in [-0.2, 0) is 9.53 Å². The smallest absolute Gasteiger partial charge is 0.413 e. The number of benzene rings is 1. The van der Waals surface area contributed by atoms with E-state index in [1.54, 1.807) is 38.2 Å². The molecule has 0 radical (unpaired) electrons. The minimum atomic E-state index is -0.391. The van der Waals surface area contributed by atoms with Crippen molar-refractivity contribution in [3.05, 3.63) is 24.3 Å². The van der Waals surface area contributed by atoms with Gasteiger partial charge in [0.15, 0.2) is 0 Å². The fourth-order valence-corrected chi connectivity index (χ4v) is 5.57. The average molecular weight is 383 g/mol. The molecule has 2 amide bonds. The summed E-state index contributed by atoms with van der Waals surface area (Å²) < 4.78 is 4.96. The zero-order chi connectivity index (χ0) is 18.1. The van der Waals surface area contributed by atoms with Crippen molar-refractivity contribution in [3.63, 3.8) is 0 Å². The van der Waals surface area contributed by atoms with Gasteiger partial charge in [-0.3, -0.25) is 9.69 Å². The Bertz CT molecular complexity index is 560. The molecule has 0 aliphatic carbocycles. The monoisotopic (exact) mass is 382 g/mol. The maximum absolute atomic E-state index is 12.0. The van der Waals surface area contributed by atoms with Crippen LogP contribution in [0.25, 0.3) is 0 Å². The largest absolute Gasteiger partial charge is 0.449 e. The lowest BCUT2D eigenvalue weighted by Crippen LogP contribution is -2.26. The lowest BCUT2D eigenvalue weighted by Gasteiger charge is -2.17. The van der Waals surface area contributed by atoms with Crippen LogP contribution in [0, 0.1) is 0 Å². The maximum Gasteiger partial charge on any atom is 0.413 e. The van der Waals surface area contributed by atoms with Gasteiger partial charge in [-0.2, -0.15) is 0 Å². The molecule has 1 aliphatic rings. The number of ether oxygens (including phenoxy) is 1. The highest BCUT2D eigenvalue weighted by atomic mass is 33.1. The predicted octanol–water partition coefficient (Wildman–Crippen LogP) is 4.93. The normalized spacial score (nSPS) is 16.5. The minimum absolute atomic E-state index is 0.0416. The molecule has 1 heterocycles. The Morgan fingerprint density at radius 1 is 1.28 bits per heavy atom. The van der Waals surface area contributed by atoms with Crippen molar-refractivity contribution >= 4 is 45.0 Å². The van der Waals surface area contributed by atoms with E-state index < -0.39 is 6.09 Å². The summed E-state index contributed by atoms with van der Waals surface area (Å²) in [5, 5.41) is 3.68. The Balaban J connectivity index is 1.70. The summed E-state index contributed by atoms with van der Waals surface area (Å²) in [6.07, 6.45) is 4.70. The second kappa shape index (κ2) is 10.6. The second-order valence-electron chi connectivity index (χ2n) is 5.93. The van der Waals surface area contributed by atoms with Gasteiger partial charge in [0.05, 0.1) is 6.61 Å². The molecular weight excluding hydrogens is 356 g/mol. The van der Waals surface area contributed by atoms with Gasteiger partial charge in [0.2, 0.25) is 5.91 Å². The lowest BCUT2D eigenvalue weighted by molar-refractivity contribution is -0.116. The molecule has 1 saturated heterocycles. The van der Waals surface area contributed by atoms with E-state index in [-0.39, 0.29) is 5.91 Å². The molecule has 25 heavy (non-hydrogen) atoms. The Morgan fingerprint density at radius 3 is 2.68 bits per heavy atom. The number of carbonyl (C=O) groups is 2. The summed E-state index contributed by atoms with van der Waals surface area (Å²) in [5.41, 5.74) is 1.47. The van der Waals surface area contributed by atoms with Crippen LogP contribution in [0.1, 0.15) is 39.0 Å². The van der Waals surface area contributed by atoms with Crippen LogP contribution in [0.2, 0.25) is 0 Å². The van der Waals surface area contributed by atoms with E-state index in [2.05, 4.69) is 5.32 Å². The van der Waals surface area contributed by atoms with Crippen molar-refractivity contribution in [2.75, 3.05) is 29.6 Å². The quantitative estimate of drug-likeness (QED) is 0.510. The van der Waals surface area contributed by atoms with Gasteiger partial charge in [-0.25, -0.2) is 4.79 Å². The first-order valence-electron chi connectivity index (χ1n) is 8.69. The van der Waals surface area contributed by atoms with Crippen molar-refractivity contribution in [2.45, 2.75) is 44.3 Å². The molecule has 1 fully saturated rings. The number of amides is 2. The summed E-state index contributed by atoms with van der Waals surface area (Å²) in [5.74, 6) is 1.30. The predicted molar refractivity (Wildman–Crippen MR) is 107 cm³/mol. The van der Waals surface area contributed by atoms with Crippen LogP contribution >= 0.6 is 21.6 Å². The first kappa shape index (κ1) is 20.0. The van der Waals surface area contributed by atoms with Crippen LogP contribution in [0.3, 0.4) is 0 Å². The molecule has 138 valence electrons. The summed E-state index contributed by atoms with van der Waals surface area (Å²) >= 11 is 0. The lowest BCUT2D eigenvalue weighted by atomic mass is 10.1. The number of nitrogens with one attached hydrogen (secondary N) is 1. The first-order valence-corrected chi connectivity index (χ1v) is 11.1. The van der Waals surface area contributed by atoms with Gasteiger partial charge in [-0.15, -0.1) is 0 Å². The fraction of sp³-hybridized carbons (Fsp3) is 0.556. The number of unbranched alkanes of at least 4 members (excludes halogenated alkanes) is 1. The molecule has 1 N–H and O–H groups in total. The second-order valence-corrected chi connectivity index (χ2v) is 8.72. The standard InChI is InChI=1S/C18H26N2O3S2/c1-3-23-18(22)20(2)15-10-8-14(9-11-15)19-17(21)7-5-4-6-16-12-13-24-25-16/h8-11,16H,3-7,12-13H2,1-2H3,(H,19,21). The average Bonchev–Trinajstić information content (AvgIpc) is 3.12. The molecule has 1 atom stereocenters. The van der Waals surface area contributed by atoms with Crippen LogP contribution in [0.4, 0.5) is 16.2 Å². The van der Waals surface area contributed by atoms with Gasteiger partial charge in [0.25, 0.3) is 0 Å². The highest BCUT2D eigenvalue weighted by Gasteiger charge is 2.16. The van der Waals surface area contributed by atoms with Gasteiger partial charge < -0.3 is 10.1 Å². The van der Waals surface area contributed by atoms with Gasteiger partial charge in [-0.05, 0) is 50.5 Å². The maximum atomic E-state index is 12.0. The first-order chi connectivity index (χ1) is 12.1. The summed E-state index contributed by atoms with van der Waals surface area (Å²) in [6.45, 7) is 2.12. The third-order valence-electron chi connectivity index (χ3n) is 3.99. The zero-order valence-corrected chi connectivity index (χ0v) is 16.5. The molecule has 1 unspecified atom stereocenters. The zero-order valence-electron chi connectivity index (χ0n) is 14.8. The molecule has 0 spiro atoms. The fourth-order valence-electron chi connectivity index (χ4n) is 2.54. The molecule has 1 aliphatic heterocycles. The molecule has 1 aromatic carbocycles. The molecule has 2 rings (SSSR count). The van der Waals surface area contributed by atoms with Crippen LogP contribution < -0.4 is 10.2 Å². The third kappa shape index (κ3) is 6.82. The van der Waals surface area contributed by atoms with Crippen molar-refractivity contribution in [1.82, 2.24) is 0 Å². The number of rotatable bonds is 8. The SMILES string of the molecule is CCOC(=O)N(C)c1ccc(NC(=O)CCCCC2CCSS2)cc1. The Kier molecular flexibility index (Phi) is 8.48. The Hall–Kier alpha value is -1.34. The van der Waals surface area contributed by atoms with E-state index in [0.29, 0.717) is 13.0 Å². The van der Waals surface area contributed by atoms with Crippen molar-refractivity contribution in [2.24, 2.45) is 0 Å².